The molecule has 22 heavy (non-hydrogen) atoms. The average molecular weight is 321 g/mol. The van der Waals surface area contributed by atoms with Crippen LogP contribution in [0.15, 0.2) is 52.2 Å². The van der Waals surface area contributed by atoms with Crippen molar-refractivity contribution < 1.29 is 12.8 Å². The van der Waals surface area contributed by atoms with Gasteiger partial charge in [-0.3, -0.25) is 4.57 Å². The molecule has 0 saturated carbocycles. The largest absolute Gasteiger partial charge is 0.399 e. The van der Waals surface area contributed by atoms with Crippen molar-refractivity contribution >= 4 is 26.7 Å². The molecule has 0 atom stereocenters. The SMILES string of the molecule is Cn1c(=O)n(S(=O)(=O)c2ccc(F)cc2)c2cc(N)ccc21. The maximum absolute atomic E-state index is 13.0. The molecule has 0 aliphatic heterocycles. The first-order chi connectivity index (χ1) is 10.3. The van der Waals surface area contributed by atoms with Gasteiger partial charge >= 0.3 is 5.69 Å². The summed E-state index contributed by atoms with van der Waals surface area (Å²) in [6, 6.07) is 8.84. The summed E-state index contributed by atoms with van der Waals surface area (Å²) in [5, 5.41) is 0. The van der Waals surface area contributed by atoms with Crippen molar-refractivity contribution in [3.8, 4) is 0 Å². The number of aryl methyl sites for hydroxylation is 1. The fraction of sp³-hybridized carbons (Fsp3) is 0.0714. The van der Waals surface area contributed by atoms with Crippen LogP contribution in [0.3, 0.4) is 0 Å². The van der Waals surface area contributed by atoms with Crippen LogP contribution < -0.4 is 11.4 Å². The zero-order valence-corrected chi connectivity index (χ0v) is 12.3. The van der Waals surface area contributed by atoms with Crippen molar-refractivity contribution in [2.45, 2.75) is 4.90 Å². The minimum Gasteiger partial charge on any atom is -0.399 e. The van der Waals surface area contributed by atoms with Crippen LogP contribution in [-0.4, -0.2) is 17.0 Å². The summed E-state index contributed by atoms with van der Waals surface area (Å²) < 4.78 is 40.3. The Morgan fingerprint density at radius 3 is 2.32 bits per heavy atom. The first-order valence-corrected chi connectivity index (χ1v) is 7.74. The highest BCUT2D eigenvalue weighted by Crippen LogP contribution is 2.21. The van der Waals surface area contributed by atoms with Crippen molar-refractivity contribution in [2.75, 3.05) is 5.73 Å². The summed E-state index contributed by atoms with van der Waals surface area (Å²) in [5.41, 5.74) is 5.91. The summed E-state index contributed by atoms with van der Waals surface area (Å²) in [5.74, 6) is -0.562. The first kappa shape index (κ1) is 14.3. The van der Waals surface area contributed by atoms with E-state index in [9.17, 15) is 17.6 Å². The van der Waals surface area contributed by atoms with E-state index in [0.29, 0.717) is 15.2 Å². The van der Waals surface area contributed by atoms with Crippen molar-refractivity contribution in [2.24, 2.45) is 7.05 Å². The van der Waals surface area contributed by atoms with Gasteiger partial charge in [0.25, 0.3) is 10.0 Å². The predicted molar refractivity (Wildman–Crippen MR) is 80.6 cm³/mol. The highest BCUT2D eigenvalue weighted by atomic mass is 32.2. The van der Waals surface area contributed by atoms with Crippen LogP contribution in [0.4, 0.5) is 10.1 Å². The van der Waals surface area contributed by atoms with Gasteiger partial charge in [-0.15, -0.1) is 0 Å². The first-order valence-electron chi connectivity index (χ1n) is 6.30. The van der Waals surface area contributed by atoms with E-state index in [2.05, 4.69) is 0 Å². The van der Waals surface area contributed by atoms with Crippen LogP contribution in [0.2, 0.25) is 0 Å². The zero-order chi connectivity index (χ0) is 16.1. The molecule has 2 N–H and O–H groups in total. The second-order valence-corrected chi connectivity index (χ2v) is 6.60. The van der Waals surface area contributed by atoms with E-state index in [0.717, 1.165) is 24.3 Å². The molecule has 2 aromatic carbocycles. The van der Waals surface area contributed by atoms with E-state index in [1.807, 2.05) is 0 Å². The van der Waals surface area contributed by atoms with Gasteiger partial charge in [0.05, 0.1) is 15.9 Å². The third kappa shape index (κ3) is 2.00. The molecule has 0 radical (unpaired) electrons. The molecule has 0 aliphatic rings. The number of nitrogens with zero attached hydrogens (tertiary/aromatic N) is 2. The fourth-order valence-corrected chi connectivity index (χ4v) is 3.70. The Morgan fingerprint density at radius 1 is 1.05 bits per heavy atom. The Morgan fingerprint density at radius 2 is 1.68 bits per heavy atom. The van der Waals surface area contributed by atoms with Crippen molar-refractivity contribution in [1.29, 1.82) is 0 Å². The molecule has 1 heterocycles. The van der Waals surface area contributed by atoms with E-state index in [1.165, 1.54) is 17.7 Å². The molecule has 0 aliphatic carbocycles. The normalized spacial score (nSPS) is 11.9. The van der Waals surface area contributed by atoms with Crippen LogP contribution in [0.1, 0.15) is 0 Å². The molecule has 0 spiro atoms. The molecule has 3 rings (SSSR count). The highest BCUT2D eigenvalue weighted by molar-refractivity contribution is 7.90. The molecule has 3 aromatic rings. The second-order valence-electron chi connectivity index (χ2n) is 4.81. The number of rotatable bonds is 2. The van der Waals surface area contributed by atoms with Crippen LogP contribution in [-0.2, 0) is 17.1 Å². The summed E-state index contributed by atoms with van der Waals surface area (Å²) in [6.45, 7) is 0. The van der Waals surface area contributed by atoms with Gasteiger partial charge in [0.1, 0.15) is 5.82 Å². The van der Waals surface area contributed by atoms with Gasteiger partial charge < -0.3 is 5.73 Å². The minimum absolute atomic E-state index is 0.175. The standard InChI is InChI=1S/C14H12FN3O3S/c1-17-12-7-4-10(16)8-13(12)18(14(17)19)22(20,21)11-5-2-9(15)3-6-11/h2-8H,16H2,1H3. The molecule has 0 amide bonds. The van der Waals surface area contributed by atoms with Gasteiger partial charge in [0, 0.05) is 12.7 Å². The number of hydrogen-bond acceptors (Lipinski definition) is 4. The van der Waals surface area contributed by atoms with Crippen LogP contribution >= 0.6 is 0 Å². The number of halogens is 1. The Labute approximate surface area is 125 Å². The minimum atomic E-state index is -4.15. The number of nitrogen functional groups attached to an aromatic ring is 1. The van der Waals surface area contributed by atoms with Gasteiger partial charge in [-0.2, -0.15) is 3.97 Å². The second kappa shape index (κ2) is 4.70. The van der Waals surface area contributed by atoms with Gasteiger partial charge in [-0.1, -0.05) is 0 Å². The topological polar surface area (TPSA) is 87.1 Å². The van der Waals surface area contributed by atoms with E-state index < -0.39 is 21.5 Å². The number of aromatic nitrogens is 2. The van der Waals surface area contributed by atoms with Crippen molar-refractivity contribution in [1.82, 2.24) is 8.54 Å². The monoisotopic (exact) mass is 321 g/mol. The molecule has 0 saturated heterocycles. The average Bonchev–Trinajstić information content (AvgIpc) is 2.71. The predicted octanol–water partition coefficient (Wildman–Crippen LogP) is 1.30. The number of fused-ring (bicyclic) bond motifs is 1. The summed E-state index contributed by atoms with van der Waals surface area (Å²) in [4.78, 5) is 12.1. The van der Waals surface area contributed by atoms with Gasteiger partial charge in [0.15, 0.2) is 0 Å². The lowest BCUT2D eigenvalue weighted by Crippen LogP contribution is -2.28. The van der Waals surface area contributed by atoms with Crippen LogP contribution in [0.25, 0.3) is 11.0 Å². The van der Waals surface area contributed by atoms with Crippen LogP contribution in [0.5, 0.6) is 0 Å². The quantitative estimate of drug-likeness (QED) is 0.721. The molecule has 0 unspecified atom stereocenters. The number of benzene rings is 2. The number of imidazole rings is 1. The van der Waals surface area contributed by atoms with Crippen molar-refractivity contribution in [3.05, 3.63) is 58.8 Å². The van der Waals surface area contributed by atoms with E-state index in [1.54, 1.807) is 12.1 Å². The van der Waals surface area contributed by atoms with Gasteiger partial charge in [-0.25, -0.2) is 17.6 Å². The Kier molecular flexibility index (Phi) is 3.06. The molecule has 114 valence electrons. The molecular weight excluding hydrogens is 309 g/mol. The molecule has 0 fully saturated rings. The Bertz CT molecular complexity index is 1030. The summed E-state index contributed by atoms with van der Waals surface area (Å²) >= 11 is 0. The highest BCUT2D eigenvalue weighted by Gasteiger charge is 2.24. The molecular formula is C14H12FN3O3S. The zero-order valence-electron chi connectivity index (χ0n) is 11.5. The van der Waals surface area contributed by atoms with E-state index >= 15 is 0 Å². The maximum Gasteiger partial charge on any atom is 0.343 e. The number of hydrogen-bond donors (Lipinski definition) is 1. The number of anilines is 1. The maximum atomic E-state index is 13.0. The van der Waals surface area contributed by atoms with Crippen molar-refractivity contribution in [3.63, 3.8) is 0 Å². The third-order valence-electron chi connectivity index (χ3n) is 3.39. The lowest BCUT2D eigenvalue weighted by molar-refractivity contribution is 0.584. The lowest BCUT2D eigenvalue weighted by Gasteiger charge is -2.06. The molecule has 6 nitrogen and oxygen atoms in total. The van der Waals surface area contributed by atoms with E-state index in [4.69, 9.17) is 5.73 Å². The van der Waals surface area contributed by atoms with E-state index in [-0.39, 0.29) is 10.4 Å². The fourth-order valence-electron chi connectivity index (χ4n) is 2.27. The Balaban J connectivity index is 2.39. The smallest absolute Gasteiger partial charge is 0.343 e. The Hall–Kier alpha value is -2.61. The number of nitrogens with two attached hydrogens (primary N) is 1. The summed E-state index contributed by atoms with van der Waals surface area (Å²) in [7, 11) is -2.68. The molecule has 8 heteroatoms. The van der Waals surface area contributed by atoms with Crippen LogP contribution in [0, 0.1) is 5.82 Å². The van der Waals surface area contributed by atoms with Gasteiger partial charge in [0.2, 0.25) is 0 Å². The lowest BCUT2D eigenvalue weighted by atomic mass is 10.3. The third-order valence-corrected chi connectivity index (χ3v) is 5.09. The molecule has 0 bridgehead atoms. The summed E-state index contributed by atoms with van der Waals surface area (Å²) in [6.07, 6.45) is 0. The van der Waals surface area contributed by atoms with Gasteiger partial charge in [-0.05, 0) is 42.5 Å². The molecule has 1 aromatic heterocycles.